The second-order valence-corrected chi connectivity index (χ2v) is 29.2. The topological polar surface area (TPSA) is 301 Å². The van der Waals surface area contributed by atoms with Crippen LogP contribution in [0.15, 0.2) is 0 Å². The van der Waals surface area contributed by atoms with E-state index >= 15 is 0 Å². The van der Waals surface area contributed by atoms with Gasteiger partial charge in [-0.15, -0.1) is 0 Å². The first kappa shape index (κ1) is 77.9. The Balaban J connectivity index is 0. The summed E-state index contributed by atoms with van der Waals surface area (Å²) in [5.74, 6) is 3.21. The van der Waals surface area contributed by atoms with Gasteiger partial charge < -0.3 is 66.7 Å². The van der Waals surface area contributed by atoms with Crippen LogP contribution in [0.5, 0.6) is 0 Å². The maximum Gasteiger partial charge on any atom is 1.00 e. The third-order valence-electron chi connectivity index (χ3n) is 18.1. The Bertz CT molecular complexity index is 1760. The van der Waals surface area contributed by atoms with Gasteiger partial charge in [0, 0.05) is 84.5 Å². The first-order valence-electron chi connectivity index (χ1n) is 26.1. The van der Waals surface area contributed by atoms with Crippen LogP contribution in [0, 0.1) is 47.3 Å². The monoisotopic (exact) mass is 1140 g/mol. The van der Waals surface area contributed by atoms with Crippen molar-refractivity contribution in [3.63, 3.8) is 0 Å². The third kappa shape index (κ3) is 24.8. The van der Waals surface area contributed by atoms with Gasteiger partial charge in [0.2, 0.25) is 0 Å². The maximum absolute atomic E-state index is 11.7. The van der Waals surface area contributed by atoms with Crippen molar-refractivity contribution in [1.29, 1.82) is 0 Å². The van der Waals surface area contributed by atoms with Crippen LogP contribution in [0.4, 0.5) is 0 Å². The smallest absolute Gasteiger partial charge is 0.870 e. The van der Waals surface area contributed by atoms with Crippen LogP contribution in [0.3, 0.4) is 0 Å². The van der Waals surface area contributed by atoms with Crippen LogP contribution >= 0.6 is 15.2 Å². The van der Waals surface area contributed by atoms with Crippen molar-refractivity contribution < 1.29 is 202 Å². The minimum absolute atomic E-state index is 0. The Labute approximate surface area is 524 Å². The molecular formula is C46H90N4Na4O14P2S2. The molecule has 0 aromatic heterocycles. The molecule has 72 heavy (non-hydrogen) atoms. The summed E-state index contributed by atoms with van der Waals surface area (Å²) in [7, 11) is -18.2. The van der Waals surface area contributed by atoms with Crippen molar-refractivity contribution in [1.82, 2.24) is 0 Å². The third-order valence-corrected chi connectivity index (χ3v) is 21.4. The second kappa shape index (κ2) is 33.9. The zero-order valence-corrected chi connectivity index (χ0v) is 57.4. The number of nitrogens with zero attached hydrogens (tertiary/aromatic N) is 4. The summed E-state index contributed by atoms with van der Waals surface area (Å²) in [5, 5.41) is 0. The van der Waals surface area contributed by atoms with E-state index in [2.05, 4.69) is 27.7 Å². The van der Waals surface area contributed by atoms with E-state index in [0.29, 0.717) is 70.7 Å². The van der Waals surface area contributed by atoms with Crippen molar-refractivity contribution in [2.45, 2.75) is 118 Å². The predicted octanol–water partition coefficient (Wildman–Crippen LogP) is -9.63. The Kier molecular flexibility index (Phi) is 36.6. The normalized spacial score (nSPS) is 33.6. The summed E-state index contributed by atoms with van der Waals surface area (Å²) < 4.78 is 96.8. The van der Waals surface area contributed by atoms with Crippen LogP contribution in [0.1, 0.15) is 118 Å². The molecule has 5 aliphatic heterocycles. The molecule has 5 aliphatic rings. The number of quaternary nitrogens is 4. The largest absolute Gasteiger partial charge is 1.00 e. The molecule has 10 atom stereocenters. The van der Waals surface area contributed by atoms with Gasteiger partial charge in [-0.3, -0.25) is 0 Å². The molecule has 5 saturated heterocycles. The molecule has 0 aromatic carbocycles. The van der Waals surface area contributed by atoms with E-state index in [0.717, 1.165) is 107 Å². The summed E-state index contributed by atoms with van der Waals surface area (Å²) >= 11 is 0. The number of hydrogen-bond donors (Lipinski definition) is 0. The van der Waals surface area contributed by atoms with E-state index in [1.165, 1.54) is 56.6 Å². The van der Waals surface area contributed by atoms with Crippen LogP contribution in [0.25, 0.3) is 0 Å². The van der Waals surface area contributed by atoms with Crippen LogP contribution in [-0.4, -0.2) is 183 Å². The SMILES string of the molecule is CCCC1C[N+](CCCP(=O)([O-])[O-])(CCCS(=O)(=O)[O-])CC1CCC1C[N+]2(CC[N+]3(CC2)CC(CC)C(CC)C3)CC1CCC1C[N+](CCCP(=O)([O-])[O-])(CCCS(=O)(=O)[O-])CC1CCC.[Na+].[Na+].[Na+].[Na+].[OH-].[OH-]. The summed E-state index contributed by atoms with van der Waals surface area (Å²) in [5.41, 5.74) is 0. The molecule has 26 heteroatoms. The number of hydrogen-bond acceptors (Lipinski definition) is 14. The van der Waals surface area contributed by atoms with Crippen LogP contribution in [0.2, 0.25) is 0 Å². The molecule has 404 valence electrons. The van der Waals surface area contributed by atoms with Crippen molar-refractivity contribution in [3.8, 4) is 0 Å². The fraction of sp³-hybridized carbons (Fsp3) is 1.00. The zero-order chi connectivity index (χ0) is 48.7. The van der Waals surface area contributed by atoms with Gasteiger partial charge in [-0.05, 0) is 63.7 Å². The molecule has 0 bridgehead atoms. The van der Waals surface area contributed by atoms with E-state index < -0.39 is 59.3 Å². The predicted molar refractivity (Wildman–Crippen MR) is 252 cm³/mol. The first-order valence-corrected chi connectivity index (χ1v) is 32.7. The summed E-state index contributed by atoms with van der Waals surface area (Å²) in [6.45, 7) is 23.9. The van der Waals surface area contributed by atoms with Crippen LogP contribution in [-0.2, 0) is 29.4 Å². The van der Waals surface area contributed by atoms with Crippen LogP contribution < -0.4 is 138 Å². The molecular weight excluding hydrogens is 1050 g/mol. The molecule has 5 rings (SSSR count). The molecule has 0 saturated carbocycles. The molecule has 0 radical (unpaired) electrons. The average molecular weight is 1140 g/mol. The second-order valence-electron chi connectivity index (χ2n) is 22.9. The molecule has 0 aromatic rings. The Morgan fingerprint density at radius 3 is 0.917 bits per heavy atom. The van der Waals surface area contributed by atoms with Gasteiger partial charge in [0.1, 0.15) is 26.2 Å². The van der Waals surface area contributed by atoms with E-state index in [1.807, 2.05) is 0 Å². The molecule has 5 fully saturated rings. The van der Waals surface area contributed by atoms with Gasteiger partial charge in [0.25, 0.3) is 0 Å². The summed E-state index contributed by atoms with van der Waals surface area (Å²) in [6.07, 6.45) is 10.7. The van der Waals surface area contributed by atoms with Gasteiger partial charge in [0.05, 0.1) is 98.8 Å². The van der Waals surface area contributed by atoms with Crippen molar-refractivity contribution in [3.05, 3.63) is 0 Å². The number of piperazine rings is 1. The van der Waals surface area contributed by atoms with Gasteiger partial charge in [-0.2, -0.15) is 0 Å². The average Bonchev–Trinajstić information content (AvgIpc) is 3.94. The Morgan fingerprint density at radius 1 is 0.417 bits per heavy atom. The van der Waals surface area contributed by atoms with E-state index in [-0.39, 0.29) is 155 Å². The van der Waals surface area contributed by atoms with Gasteiger partial charge in [-0.1, -0.05) is 55.7 Å². The Hall–Kier alpha value is 3.88. The Morgan fingerprint density at radius 2 is 0.667 bits per heavy atom. The molecule has 0 amide bonds. The molecule has 2 spiro atoms. The standard InChI is InChI=1S/C46H90N4O12P2S2.4Na.2H2O/c1-5-13-41-33-47(19-9-27-63(51,52)53,21-11-29-65(57,58)59)35-43(41)15-17-45-37-50(25-23-49(24-26-50)31-39(7-3)40(8-4)32-49)38-46(45)18-16-44-36-48(34-42(44)14-6-2,20-10-28-64(54,55)56)22-12-30-66(60,61)62;;;;;;/h39-46H,5-38H2,1-4H3,(H2-4,51,52,53,54,55,56,57,58,59,60,61,62);;;;;2*1H2/q;4*+1;;/p-4. The van der Waals surface area contributed by atoms with E-state index in [1.54, 1.807) is 0 Å². The fourth-order valence-electron chi connectivity index (χ4n) is 15.1. The maximum atomic E-state index is 11.7. The fourth-order valence-corrected chi connectivity index (χ4v) is 17.1. The van der Waals surface area contributed by atoms with E-state index in [9.17, 15) is 54.6 Å². The van der Waals surface area contributed by atoms with Crippen molar-refractivity contribution >= 4 is 35.4 Å². The summed E-state index contributed by atoms with van der Waals surface area (Å²) in [6, 6.07) is 0. The molecule has 18 nitrogen and oxygen atoms in total. The zero-order valence-electron chi connectivity index (χ0n) is 46.0. The summed E-state index contributed by atoms with van der Waals surface area (Å²) in [4.78, 5) is 46.7. The molecule has 2 N–H and O–H groups in total. The van der Waals surface area contributed by atoms with Gasteiger partial charge >= 0.3 is 118 Å². The molecule has 10 unspecified atom stereocenters. The molecule has 5 heterocycles. The van der Waals surface area contributed by atoms with Crippen molar-refractivity contribution in [2.24, 2.45) is 47.3 Å². The number of likely N-dealkylation sites (tertiary alicyclic amines) is 2. The quantitative estimate of drug-likeness (QED) is 0.0304. The van der Waals surface area contributed by atoms with Crippen molar-refractivity contribution in [2.75, 3.05) is 129 Å². The van der Waals surface area contributed by atoms with E-state index in [4.69, 9.17) is 0 Å². The minimum atomic E-state index is -4.70. The molecule has 0 aliphatic carbocycles. The minimum Gasteiger partial charge on any atom is -0.870 e. The van der Waals surface area contributed by atoms with Gasteiger partial charge in [0.15, 0.2) is 0 Å². The van der Waals surface area contributed by atoms with Gasteiger partial charge in [-0.25, -0.2) is 16.8 Å². The number of rotatable bonds is 28. The first-order chi connectivity index (χ1) is 30.8.